The zero-order valence-corrected chi connectivity index (χ0v) is 16.3. The van der Waals surface area contributed by atoms with E-state index in [0.29, 0.717) is 0 Å². The highest BCUT2D eigenvalue weighted by atomic mass is 16.1. The lowest BCUT2D eigenvalue weighted by atomic mass is 10.0. The average molecular weight is 349 g/mol. The van der Waals surface area contributed by atoms with Gasteiger partial charge in [0.1, 0.15) is 6.54 Å². The third kappa shape index (κ3) is 4.83. The Kier molecular flexibility index (Phi) is 5.28. The fourth-order valence-electron chi connectivity index (χ4n) is 3.44. The summed E-state index contributed by atoms with van der Waals surface area (Å²) in [7, 11) is 6.52. The van der Waals surface area contributed by atoms with Crippen molar-refractivity contribution in [3.63, 3.8) is 0 Å². The van der Waals surface area contributed by atoms with Gasteiger partial charge in [0.2, 0.25) is 0 Å². The summed E-state index contributed by atoms with van der Waals surface area (Å²) in [6.07, 6.45) is 4.93. The number of nitrogens with zero attached hydrogens (tertiary/aromatic N) is 1. The number of benzene rings is 2. The first-order valence-electron chi connectivity index (χ1n) is 9.31. The van der Waals surface area contributed by atoms with E-state index < -0.39 is 0 Å². The molecule has 0 aliphatic heterocycles. The number of rotatable bonds is 4. The minimum Gasteiger partial charge on any atom is -0.327 e. The molecule has 0 saturated heterocycles. The molecule has 3 heteroatoms. The van der Waals surface area contributed by atoms with E-state index in [4.69, 9.17) is 0 Å². The molecule has 2 aromatic carbocycles. The van der Waals surface area contributed by atoms with Gasteiger partial charge in [-0.2, -0.15) is 0 Å². The van der Waals surface area contributed by atoms with Crippen molar-refractivity contribution < 1.29 is 9.28 Å². The Bertz CT molecular complexity index is 826. The fraction of sp³-hybridized carbons (Fsp3) is 0.348. The third-order valence-corrected chi connectivity index (χ3v) is 4.68. The Labute approximate surface area is 156 Å². The van der Waals surface area contributed by atoms with E-state index in [1.807, 2.05) is 12.1 Å². The van der Waals surface area contributed by atoms with Crippen LogP contribution in [-0.4, -0.2) is 31.5 Å². The highest BCUT2D eigenvalue weighted by Gasteiger charge is 2.15. The minimum atomic E-state index is 0.0127. The minimum absolute atomic E-state index is 0.0127. The second kappa shape index (κ2) is 7.46. The van der Waals surface area contributed by atoms with Crippen LogP contribution in [-0.2, 0) is 17.8 Å². The SMILES string of the molecule is Cc1ccc2c(c1)C=C(C(=O)Nc1ccc(C[N+](C)(C)C)cc1)CCC2. The van der Waals surface area contributed by atoms with Gasteiger partial charge in [0.15, 0.2) is 0 Å². The van der Waals surface area contributed by atoms with Gasteiger partial charge < -0.3 is 9.80 Å². The normalized spacial score (nSPS) is 14.2. The Morgan fingerprint density at radius 1 is 1.04 bits per heavy atom. The summed E-state index contributed by atoms with van der Waals surface area (Å²) in [6.45, 7) is 3.06. The molecule has 1 aliphatic rings. The van der Waals surface area contributed by atoms with Crippen molar-refractivity contribution in [2.24, 2.45) is 0 Å². The van der Waals surface area contributed by atoms with Crippen LogP contribution in [0.1, 0.15) is 35.1 Å². The largest absolute Gasteiger partial charge is 0.327 e. The number of aryl methyl sites for hydroxylation is 2. The second-order valence-corrected chi connectivity index (χ2v) is 8.32. The Balaban J connectivity index is 1.73. The maximum atomic E-state index is 12.7. The fourth-order valence-corrected chi connectivity index (χ4v) is 3.44. The molecule has 1 aliphatic carbocycles. The molecule has 0 unspecified atom stereocenters. The van der Waals surface area contributed by atoms with E-state index in [-0.39, 0.29) is 5.91 Å². The molecule has 136 valence electrons. The third-order valence-electron chi connectivity index (χ3n) is 4.68. The summed E-state index contributed by atoms with van der Waals surface area (Å²) in [6, 6.07) is 14.7. The number of anilines is 1. The van der Waals surface area contributed by atoms with Crippen LogP contribution in [0.4, 0.5) is 5.69 Å². The van der Waals surface area contributed by atoms with Gasteiger partial charge in [0, 0.05) is 16.8 Å². The first-order valence-corrected chi connectivity index (χ1v) is 9.31. The number of carbonyl (C=O) groups is 1. The Morgan fingerprint density at radius 3 is 2.46 bits per heavy atom. The van der Waals surface area contributed by atoms with E-state index in [1.165, 1.54) is 22.3 Å². The average Bonchev–Trinajstić information content (AvgIpc) is 2.77. The van der Waals surface area contributed by atoms with Crippen LogP contribution in [0.2, 0.25) is 0 Å². The molecular weight excluding hydrogens is 320 g/mol. The Hall–Kier alpha value is -2.39. The van der Waals surface area contributed by atoms with Crippen LogP contribution in [0, 0.1) is 6.92 Å². The highest BCUT2D eigenvalue weighted by molar-refractivity contribution is 6.06. The Morgan fingerprint density at radius 2 is 1.77 bits per heavy atom. The smallest absolute Gasteiger partial charge is 0.251 e. The monoisotopic (exact) mass is 349 g/mol. The molecule has 0 atom stereocenters. The number of amides is 1. The van der Waals surface area contributed by atoms with Gasteiger partial charge >= 0.3 is 0 Å². The summed E-state index contributed by atoms with van der Waals surface area (Å²) in [5, 5.41) is 3.06. The molecule has 0 heterocycles. The van der Waals surface area contributed by atoms with E-state index in [9.17, 15) is 4.79 Å². The highest BCUT2D eigenvalue weighted by Crippen LogP contribution is 2.25. The molecule has 0 radical (unpaired) electrons. The maximum Gasteiger partial charge on any atom is 0.251 e. The number of carbonyl (C=O) groups excluding carboxylic acids is 1. The topological polar surface area (TPSA) is 29.1 Å². The van der Waals surface area contributed by atoms with Crippen molar-refractivity contribution in [2.75, 3.05) is 26.5 Å². The van der Waals surface area contributed by atoms with Crippen LogP contribution in [0.15, 0.2) is 48.0 Å². The van der Waals surface area contributed by atoms with Gasteiger partial charge in [0.25, 0.3) is 5.91 Å². The van der Waals surface area contributed by atoms with Gasteiger partial charge in [-0.1, -0.05) is 35.9 Å². The van der Waals surface area contributed by atoms with Gasteiger partial charge in [-0.3, -0.25) is 4.79 Å². The second-order valence-electron chi connectivity index (χ2n) is 8.32. The summed E-state index contributed by atoms with van der Waals surface area (Å²) in [4.78, 5) is 12.7. The number of hydrogen-bond acceptors (Lipinski definition) is 1. The lowest BCUT2D eigenvalue weighted by molar-refractivity contribution is -0.884. The van der Waals surface area contributed by atoms with Crippen LogP contribution >= 0.6 is 0 Å². The number of fused-ring (bicyclic) bond motifs is 1. The predicted molar refractivity (Wildman–Crippen MR) is 109 cm³/mol. The number of hydrogen-bond donors (Lipinski definition) is 1. The van der Waals surface area contributed by atoms with E-state index in [1.54, 1.807) is 0 Å². The van der Waals surface area contributed by atoms with Crippen LogP contribution in [0.25, 0.3) is 6.08 Å². The molecule has 0 fully saturated rings. The van der Waals surface area contributed by atoms with Gasteiger partial charge in [-0.25, -0.2) is 0 Å². The molecular formula is C23H29N2O+. The van der Waals surface area contributed by atoms with E-state index in [2.05, 4.69) is 69.8 Å². The van der Waals surface area contributed by atoms with Crippen LogP contribution < -0.4 is 5.32 Å². The van der Waals surface area contributed by atoms with Crippen molar-refractivity contribution in [2.45, 2.75) is 32.7 Å². The summed E-state index contributed by atoms with van der Waals surface area (Å²) < 4.78 is 0.886. The first kappa shape index (κ1) is 18.4. The molecule has 0 spiro atoms. The molecule has 1 N–H and O–H groups in total. The van der Waals surface area contributed by atoms with Gasteiger partial charge in [-0.15, -0.1) is 0 Å². The van der Waals surface area contributed by atoms with Crippen molar-refractivity contribution in [3.05, 3.63) is 70.3 Å². The standard InChI is InChI=1S/C23H28N2O/c1-17-8-11-19-6-5-7-20(15-21(19)14-17)23(26)24-22-12-9-18(10-13-22)16-25(2,3)4/h8-15H,5-7,16H2,1-4H3/p+1. The summed E-state index contributed by atoms with van der Waals surface area (Å²) in [5.74, 6) is 0.0127. The number of quaternary nitrogens is 1. The lowest BCUT2D eigenvalue weighted by Crippen LogP contribution is -2.33. The van der Waals surface area contributed by atoms with Gasteiger partial charge in [0.05, 0.1) is 21.1 Å². The molecule has 3 nitrogen and oxygen atoms in total. The van der Waals surface area contributed by atoms with Crippen molar-refractivity contribution in [1.29, 1.82) is 0 Å². The first-order chi connectivity index (χ1) is 12.3. The predicted octanol–water partition coefficient (Wildman–Crippen LogP) is 4.56. The molecule has 3 rings (SSSR count). The molecule has 1 amide bonds. The van der Waals surface area contributed by atoms with Crippen LogP contribution in [0.5, 0.6) is 0 Å². The molecule has 2 aromatic rings. The molecule has 26 heavy (non-hydrogen) atoms. The zero-order chi connectivity index (χ0) is 18.7. The van der Waals surface area contributed by atoms with Gasteiger partial charge in [-0.05, 0) is 55.5 Å². The quantitative estimate of drug-likeness (QED) is 0.806. The molecule has 0 saturated carbocycles. The maximum absolute atomic E-state index is 12.7. The van der Waals surface area contributed by atoms with E-state index in [0.717, 1.165) is 41.6 Å². The van der Waals surface area contributed by atoms with Crippen molar-refractivity contribution >= 4 is 17.7 Å². The van der Waals surface area contributed by atoms with E-state index >= 15 is 0 Å². The number of nitrogens with one attached hydrogen (secondary N) is 1. The van der Waals surface area contributed by atoms with Crippen molar-refractivity contribution in [3.8, 4) is 0 Å². The summed E-state index contributed by atoms with van der Waals surface area (Å²) >= 11 is 0. The summed E-state index contributed by atoms with van der Waals surface area (Å²) in [5.41, 5.74) is 6.75. The lowest BCUT2D eigenvalue weighted by Gasteiger charge is -2.23. The zero-order valence-electron chi connectivity index (χ0n) is 16.3. The molecule has 0 aromatic heterocycles. The van der Waals surface area contributed by atoms with Crippen LogP contribution in [0.3, 0.4) is 0 Å². The van der Waals surface area contributed by atoms with Crippen molar-refractivity contribution in [1.82, 2.24) is 0 Å². The molecule has 0 bridgehead atoms.